The minimum atomic E-state index is -5.74. The zero-order valence-corrected chi connectivity index (χ0v) is 32.9. The van der Waals surface area contributed by atoms with E-state index in [2.05, 4.69) is 0 Å². The molecule has 1 aliphatic rings. The molecule has 284 valence electrons. The minimum Gasteiger partial charge on any atom is -0.459 e. The third-order valence-corrected chi connectivity index (χ3v) is 14.9. The van der Waals surface area contributed by atoms with Crippen molar-refractivity contribution in [1.82, 2.24) is 0 Å². The zero-order valence-electron chi connectivity index (χ0n) is 28.0. The lowest BCUT2D eigenvalue weighted by molar-refractivity contribution is -0.254. The molecule has 54 heavy (non-hydrogen) atoms. The van der Waals surface area contributed by atoms with Crippen LogP contribution in [0.3, 0.4) is 0 Å². The van der Waals surface area contributed by atoms with Gasteiger partial charge in [-0.2, -0.15) is 26.3 Å². The van der Waals surface area contributed by atoms with Crippen LogP contribution in [0.2, 0.25) is 0 Å². The van der Waals surface area contributed by atoms with E-state index in [0.717, 1.165) is 45.3 Å². The smallest absolute Gasteiger partial charge is 0.380 e. The fourth-order valence-electron chi connectivity index (χ4n) is 5.74. The number of carbonyl (C=O) groups is 1. The van der Waals surface area contributed by atoms with Crippen LogP contribution in [0.15, 0.2) is 76.8 Å². The molecule has 0 spiro atoms. The minimum absolute atomic E-state index is 0.0332. The lowest BCUT2D eigenvalue weighted by Gasteiger charge is -2.25. The van der Waals surface area contributed by atoms with Crippen molar-refractivity contribution < 1.29 is 50.1 Å². The number of allylic oxidation sites excluding steroid dienone is 2. The number of methoxy groups -OCH3 is 1. The lowest BCUT2D eigenvalue weighted by atomic mass is 9.94. The van der Waals surface area contributed by atoms with E-state index in [1.165, 1.54) is 40.9 Å². The number of halogens is 6. The molecular formula is C37H28F6O5S6. The van der Waals surface area contributed by atoms with Gasteiger partial charge in [-0.3, -0.25) is 0 Å². The highest BCUT2D eigenvalue weighted by atomic mass is 32.1. The highest BCUT2D eigenvalue weighted by Crippen LogP contribution is 2.67. The summed E-state index contributed by atoms with van der Waals surface area (Å²) in [5, 5.41) is 5.17. The highest BCUT2D eigenvalue weighted by molar-refractivity contribution is 7.27. The second-order valence-electron chi connectivity index (χ2n) is 11.6. The molecule has 0 amide bonds. The average molecular weight is 859 g/mol. The van der Waals surface area contributed by atoms with E-state index in [9.17, 15) is 4.79 Å². The molecule has 0 radical (unpaired) electrons. The average Bonchev–Trinajstić information content (AvgIpc) is 3.98. The van der Waals surface area contributed by atoms with E-state index in [-0.39, 0.29) is 33.4 Å². The topological polar surface area (TPSA) is 54.0 Å². The van der Waals surface area contributed by atoms with Gasteiger partial charge < -0.3 is 18.9 Å². The molecule has 0 aromatic carbocycles. The molecule has 0 saturated carbocycles. The van der Waals surface area contributed by atoms with Crippen LogP contribution in [-0.4, -0.2) is 70.5 Å². The maximum absolute atomic E-state index is 16.3. The second kappa shape index (κ2) is 16.2. The van der Waals surface area contributed by atoms with Crippen LogP contribution in [-0.2, 0) is 18.9 Å². The van der Waals surface area contributed by atoms with E-state index >= 15 is 26.3 Å². The van der Waals surface area contributed by atoms with Gasteiger partial charge in [0.25, 0.3) is 0 Å². The Hall–Kier alpha value is -3.13. The maximum Gasteiger partial charge on any atom is 0.380 e. The molecule has 5 nitrogen and oxygen atoms in total. The van der Waals surface area contributed by atoms with Gasteiger partial charge in [0.05, 0.1) is 42.8 Å². The summed E-state index contributed by atoms with van der Waals surface area (Å²) in [4.78, 5) is 16.2. The SMILES string of the molecule is COCCOCCOCCOC(=O)c1ccc(-c2cc(C3=C(c4cc(-c5cccs5)sc4-c4cccs4)C(F)(F)C(F)(F)C3(F)F)c(-c3cccs3)s2)s1. The molecule has 0 saturated heterocycles. The summed E-state index contributed by atoms with van der Waals surface area (Å²) >= 11 is 6.78. The van der Waals surface area contributed by atoms with E-state index in [1.54, 1.807) is 65.7 Å². The first-order valence-electron chi connectivity index (χ1n) is 16.2. The highest BCUT2D eigenvalue weighted by Gasteiger charge is 2.80. The first kappa shape index (κ1) is 39.1. The molecule has 6 aromatic rings. The molecule has 17 heteroatoms. The summed E-state index contributed by atoms with van der Waals surface area (Å²) in [6.45, 7) is 1.63. The van der Waals surface area contributed by atoms with Crippen molar-refractivity contribution in [3.8, 4) is 39.0 Å². The molecule has 0 fully saturated rings. The Morgan fingerprint density at radius 1 is 0.574 bits per heavy atom. The number of alkyl halides is 6. The molecule has 0 N–H and O–H groups in total. The van der Waals surface area contributed by atoms with Crippen LogP contribution in [0.5, 0.6) is 0 Å². The van der Waals surface area contributed by atoms with Crippen molar-refractivity contribution in [1.29, 1.82) is 0 Å². The van der Waals surface area contributed by atoms with E-state index < -0.39 is 40.4 Å². The van der Waals surface area contributed by atoms with Crippen LogP contribution < -0.4 is 0 Å². The van der Waals surface area contributed by atoms with E-state index in [4.69, 9.17) is 18.9 Å². The third-order valence-electron chi connectivity index (χ3n) is 8.24. The summed E-state index contributed by atoms with van der Waals surface area (Å²) in [6, 6.07) is 15.8. The normalized spacial score (nSPS) is 16.1. The van der Waals surface area contributed by atoms with Gasteiger partial charge in [0.1, 0.15) is 11.5 Å². The van der Waals surface area contributed by atoms with Crippen molar-refractivity contribution in [2.75, 3.05) is 46.8 Å². The van der Waals surface area contributed by atoms with Gasteiger partial charge >= 0.3 is 23.7 Å². The maximum atomic E-state index is 16.3. The summed E-state index contributed by atoms with van der Waals surface area (Å²) in [6.07, 6.45) is 0. The Morgan fingerprint density at radius 2 is 1.06 bits per heavy atom. The van der Waals surface area contributed by atoms with Crippen LogP contribution in [0.4, 0.5) is 26.3 Å². The first-order valence-corrected chi connectivity index (χ1v) is 21.2. The summed E-state index contributed by atoms with van der Waals surface area (Å²) in [7, 11) is 1.57. The monoisotopic (exact) mass is 858 g/mol. The molecule has 7 rings (SSSR count). The Morgan fingerprint density at radius 3 is 1.56 bits per heavy atom. The number of esters is 1. The van der Waals surface area contributed by atoms with Crippen molar-refractivity contribution in [2.24, 2.45) is 0 Å². The van der Waals surface area contributed by atoms with Crippen molar-refractivity contribution in [3.63, 3.8) is 0 Å². The number of thiophene rings is 6. The third kappa shape index (κ3) is 7.30. The Bertz CT molecular complexity index is 2210. The second-order valence-corrected chi connectivity index (χ2v) is 17.7. The molecule has 0 bridgehead atoms. The van der Waals surface area contributed by atoms with Gasteiger partial charge in [0.15, 0.2) is 0 Å². The zero-order chi connectivity index (χ0) is 38.1. The number of hydrogen-bond donors (Lipinski definition) is 0. The molecule has 0 unspecified atom stereocenters. The van der Waals surface area contributed by atoms with Crippen LogP contribution in [0.1, 0.15) is 20.8 Å². The predicted molar refractivity (Wildman–Crippen MR) is 207 cm³/mol. The fraction of sp³-hybridized carbons (Fsp3) is 0.270. The van der Waals surface area contributed by atoms with E-state index in [0.29, 0.717) is 55.7 Å². The van der Waals surface area contributed by atoms with Gasteiger partial charge in [-0.15, -0.1) is 68.0 Å². The van der Waals surface area contributed by atoms with Gasteiger partial charge in [-0.25, -0.2) is 4.79 Å². The predicted octanol–water partition coefficient (Wildman–Crippen LogP) is 12.4. The summed E-state index contributed by atoms with van der Waals surface area (Å²) < 4.78 is 117. The Kier molecular flexibility index (Phi) is 11.7. The Labute approximate surface area is 329 Å². The van der Waals surface area contributed by atoms with Gasteiger partial charge in [-0.05, 0) is 58.6 Å². The first-order chi connectivity index (χ1) is 26.0. The largest absolute Gasteiger partial charge is 0.459 e. The molecule has 6 heterocycles. The summed E-state index contributed by atoms with van der Waals surface area (Å²) in [5.74, 6) is -16.9. The molecule has 6 aromatic heterocycles. The standard InChI is InChI=1S/C37H28F6O5S6/c1-45-10-11-46-12-13-47-14-15-48-34(44)27-9-8-24(52-27)29-20-22(33(54-29)26-7-4-18-51-26)31-30(35(38,39)37(42,43)36(31,40)41)21-19-28(23-5-2-16-49-23)53-32(21)25-6-3-17-50-25/h2-9,16-20H,10-15H2,1H3. The quantitative estimate of drug-likeness (QED) is 0.0551. The number of hydrogen-bond acceptors (Lipinski definition) is 11. The number of rotatable bonds is 16. The van der Waals surface area contributed by atoms with Crippen LogP contribution in [0.25, 0.3) is 50.2 Å². The van der Waals surface area contributed by atoms with Crippen molar-refractivity contribution in [3.05, 3.63) is 92.8 Å². The van der Waals surface area contributed by atoms with E-state index in [1.807, 2.05) is 0 Å². The Balaban J connectivity index is 1.27. The van der Waals surface area contributed by atoms with Crippen molar-refractivity contribution in [2.45, 2.75) is 17.8 Å². The number of carbonyl (C=O) groups excluding carboxylic acids is 1. The molecule has 0 aliphatic heterocycles. The number of ether oxygens (including phenoxy) is 4. The van der Waals surface area contributed by atoms with Crippen LogP contribution >= 0.6 is 68.0 Å². The fourth-order valence-corrected chi connectivity index (χ4v) is 11.6. The van der Waals surface area contributed by atoms with Crippen LogP contribution in [0, 0.1) is 0 Å². The molecular weight excluding hydrogens is 831 g/mol. The summed E-state index contributed by atoms with van der Waals surface area (Å²) in [5.41, 5.74) is -3.61. The van der Waals surface area contributed by atoms with Gasteiger partial charge in [0.2, 0.25) is 0 Å². The molecule has 0 atom stereocenters. The van der Waals surface area contributed by atoms with Gasteiger partial charge in [0, 0.05) is 58.6 Å². The molecule has 1 aliphatic carbocycles. The lowest BCUT2D eigenvalue weighted by Crippen LogP contribution is -2.48. The van der Waals surface area contributed by atoms with Crippen molar-refractivity contribution >= 4 is 85.1 Å². The van der Waals surface area contributed by atoms with Gasteiger partial charge in [-0.1, -0.05) is 18.2 Å².